The minimum atomic E-state index is -0.369. The number of anilines is 1. The zero-order valence-electron chi connectivity index (χ0n) is 12.5. The standard InChI is InChI=1S/C18H14N2O3S/c21-16-8-2-5-13-14(16)6-1-7-15(13)19-18(24)20-17(22)10-9-12-4-3-11-23-12/h1-11,21H,(H2,19,20,22,24)/b10-9+. The Balaban J connectivity index is 1.69. The molecule has 3 aromatic rings. The molecule has 0 spiro atoms. The van der Waals surface area contributed by atoms with Crippen molar-refractivity contribution in [3.05, 3.63) is 66.6 Å². The van der Waals surface area contributed by atoms with Crippen LogP contribution in [0.4, 0.5) is 5.69 Å². The van der Waals surface area contributed by atoms with Gasteiger partial charge in [0.1, 0.15) is 11.5 Å². The molecule has 3 N–H and O–H groups in total. The number of benzene rings is 2. The fraction of sp³-hybridized carbons (Fsp3) is 0. The van der Waals surface area contributed by atoms with Gasteiger partial charge < -0.3 is 14.8 Å². The second kappa shape index (κ2) is 6.97. The Morgan fingerprint density at radius 3 is 2.67 bits per heavy atom. The molecular weight excluding hydrogens is 324 g/mol. The molecule has 3 rings (SSSR count). The number of hydrogen-bond donors (Lipinski definition) is 3. The van der Waals surface area contributed by atoms with E-state index in [1.807, 2.05) is 18.2 Å². The van der Waals surface area contributed by atoms with Crippen LogP contribution in [0.5, 0.6) is 5.75 Å². The summed E-state index contributed by atoms with van der Waals surface area (Å²) >= 11 is 5.16. The number of aromatic hydroxyl groups is 1. The van der Waals surface area contributed by atoms with Crippen molar-refractivity contribution in [3.63, 3.8) is 0 Å². The molecule has 1 heterocycles. The summed E-state index contributed by atoms with van der Waals surface area (Å²) in [6, 6.07) is 14.1. The number of phenols is 1. The highest BCUT2D eigenvalue weighted by atomic mass is 32.1. The number of amides is 1. The molecule has 0 saturated heterocycles. The lowest BCUT2D eigenvalue weighted by Crippen LogP contribution is -2.32. The summed E-state index contributed by atoms with van der Waals surface area (Å²) in [6.07, 6.45) is 4.41. The van der Waals surface area contributed by atoms with Crippen LogP contribution in [0.3, 0.4) is 0 Å². The largest absolute Gasteiger partial charge is 0.507 e. The second-order valence-electron chi connectivity index (χ2n) is 4.97. The molecule has 2 aromatic carbocycles. The molecule has 0 radical (unpaired) electrons. The maximum atomic E-state index is 11.8. The van der Waals surface area contributed by atoms with E-state index in [1.165, 1.54) is 12.3 Å². The van der Waals surface area contributed by atoms with Crippen LogP contribution in [0, 0.1) is 0 Å². The maximum Gasteiger partial charge on any atom is 0.250 e. The van der Waals surface area contributed by atoms with Crippen molar-refractivity contribution in [2.24, 2.45) is 0 Å². The van der Waals surface area contributed by atoms with E-state index in [-0.39, 0.29) is 16.8 Å². The number of carbonyl (C=O) groups excluding carboxylic acids is 1. The van der Waals surface area contributed by atoms with Gasteiger partial charge in [-0.15, -0.1) is 0 Å². The Hall–Kier alpha value is -3.12. The third-order valence-corrected chi connectivity index (χ3v) is 3.53. The van der Waals surface area contributed by atoms with Crippen LogP contribution in [0.25, 0.3) is 16.8 Å². The highest BCUT2D eigenvalue weighted by molar-refractivity contribution is 7.80. The SMILES string of the molecule is O=C(/C=C/c1ccco1)NC(=S)Nc1cccc2c(O)cccc12. The molecule has 6 heteroatoms. The van der Waals surface area contributed by atoms with E-state index in [1.54, 1.807) is 36.4 Å². The van der Waals surface area contributed by atoms with Gasteiger partial charge in [-0.25, -0.2) is 0 Å². The lowest BCUT2D eigenvalue weighted by molar-refractivity contribution is -0.115. The summed E-state index contributed by atoms with van der Waals surface area (Å²) in [5.74, 6) is 0.396. The molecule has 120 valence electrons. The van der Waals surface area contributed by atoms with E-state index in [2.05, 4.69) is 10.6 Å². The minimum Gasteiger partial charge on any atom is -0.507 e. The molecule has 24 heavy (non-hydrogen) atoms. The molecule has 0 unspecified atom stereocenters. The third kappa shape index (κ3) is 3.61. The maximum absolute atomic E-state index is 11.8. The van der Waals surface area contributed by atoms with Gasteiger partial charge >= 0.3 is 0 Å². The van der Waals surface area contributed by atoms with Crippen molar-refractivity contribution in [2.75, 3.05) is 5.32 Å². The number of rotatable bonds is 3. The van der Waals surface area contributed by atoms with Crippen molar-refractivity contribution in [1.29, 1.82) is 0 Å². The Labute approximate surface area is 143 Å². The lowest BCUT2D eigenvalue weighted by Gasteiger charge is -2.11. The Morgan fingerprint density at radius 2 is 1.88 bits per heavy atom. The Morgan fingerprint density at radius 1 is 1.08 bits per heavy atom. The predicted molar refractivity (Wildman–Crippen MR) is 97.7 cm³/mol. The summed E-state index contributed by atoms with van der Waals surface area (Å²) in [5.41, 5.74) is 0.698. The molecule has 5 nitrogen and oxygen atoms in total. The molecule has 0 aliphatic rings. The topological polar surface area (TPSA) is 74.5 Å². The molecule has 1 aromatic heterocycles. The summed E-state index contributed by atoms with van der Waals surface area (Å²) in [5, 5.41) is 17.1. The van der Waals surface area contributed by atoms with Crippen LogP contribution in [-0.4, -0.2) is 16.1 Å². The zero-order valence-corrected chi connectivity index (χ0v) is 13.3. The van der Waals surface area contributed by atoms with E-state index in [4.69, 9.17) is 16.6 Å². The van der Waals surface area contributed by atoms with Gasteiger partial charge in [-0.1, -0.05) is 24.3 Å². The van der Waals surface area contributed by atoms with Gasteiger partial charge in [0.15, 0.2) is 5.11 Å². The predicted octanol–water partition coefficient (Wildman–Crippen LogP) is 3.66. The smallest absolute Gasteiger partial charge is 0.250 e. The second-order valence-corrected chi connectivity index (χ2v) is 5.38. The first-order chi connectivity index (χ1) is 11.6. The third-order valence-electron chi connectivity index (χ3n) is 3.33. The average Bonchev–Trinajstić information content (AvgIpc) is 3.07. The Bertz CT molecular complexity index is 917. The summed E-state index contributed by atoms with van der Waals surface area (Å²) in [4.78, 5) is 11.8. The van der Waals surface area contributed by atoms with E-state index in [0.29, 0.717) is 16.8 Å². The summed E-state index contributed by atoms with van der Waals surface area (Å²) in [7, 11) is 0. The number of phenolic OH excluding ortho intramolecular Hbond substituents is 1. The zero-order chi connectivity index (χ0) is 16.9. The summed E-state index contributed by atoms with van der Waals surface area (Å²) < 4.78 is 5.10. The average molecular weight is 338 g/mol. The highest BCUT2D eigenvalue weighted by Gasteiger charge is 2.07. The molecule has 0 aliphatic heterocycles. The van der Waals surface area contributed by atoms with E-state index in [0.717, 1.165) is 5.39 Å². The highest BCUT2D eigenvalue weighted by Crippen LogP contribution is 2.29. The van der Waals surface area contributed by atoms with Crippen LogP contribution in [0.1, 0.15) is 5.76 Å². The van der Waals surface area contributed by atoms with E-state index >= 15 is 0 Å². The molecule has 0 aliphatic carbocycles. The molecule has 0 bridgehead atoms. The molecule has 0 saturated carbocycles. The van der Waals surface area contributed by atoms with Crippen molar-refractivity contribution < 1.29 is 14.3 Å². The fourth-order valence-electron chi connectivity index (χ4n) is 2.25. The monoisotopic (exact) mass is 338 g/mol. The van der Waals surface area contributed by atoms with Crippen molar-refractivity contribution in [2.45, 2.75) is 0 Å². The van der Waals surface area contributed by atoms with Gasteiger partial charge in [0.05, 0.1) is 6.26 Å². The number of nitrogens with one attached hydrogen (secondary N) is 2. The number of furan rings is 1. The first-order valence-electron chi connectivity index (χ1n) is 7.18. The quantitative estimate of drug-likeness (QED) is 0.502. The van der Waals surface area contributed by atoms with Crippen molar-refractivity contribution >= 4 is 45.8 Å². The van der Waals surface area contributed by atoms with Crippen molar-refractivity contribution in [3.8, 4) is 5.75 Å². The number of carbonyl (C=O) groups is 1. The van der Waals surface area contributed by atoms with Gasteiger partial charge in [0.2, 0.25) is 5.91 Å². The number of fused-ring (bicyclic) bond motifs is 1. The van der Waals surface area contributed by atoms with Gasteiger partial charge in [-0.3, -0.25) is 10.1 Å². The van der Waals surface area contributed by atoms with Crippen LogP contribution in [-0.2, 0) is 4.79 Å². The first kappa shape index (κ1) is 15.8. The molecule has 0 atom stereocenters. The van der Waals surface area contributed by atoms with Gasteiger partial charge in [-0.2, -0.15) is 0 Å². The lowest BCUT2D eigenvalue weighted by atomic mass is 10.1. The van der Waals surface area contributed by atoms with Gasteiger partial charge in [0, 0.05) is 22.5 Å². The van der Waals surface area contributed by atoms with Crippen molar-refractivity contribution in [1.82, 2.24) is 5.32 Å². The molecular formula is C18H14N2O3S. The van der Waals surface area contributed by atoms with Crippen LogP contribution < -0.4 is 10.6 Å². The van der Waals surface area contributed by atoms with Crippen LogP contribution in [0.15, 0.2) is 65.3 Å². The minimum absolute atomic E-state index is 0.167. The Kier molecular flexibility index (Phi) is 4.58. The summed E-state index contributed by atoms with van der Waals surface area (Å²) in [6.45, 7) is 0. The van der Waals surface area contributed by atoms with Gasteiger partial charge in [-0.05, 0) is 42.6 Å². The fourth-order valence-corrected chi connectivity index (χ4v) is 2.46. The van der Waals surface area contributed by atoms with Crippen LogP contribution in [0.2, 0.25) is 0 Å². The molecule has 1 amide bonds. The van der Waals surface area contributed by atoms with E-state index < -0.39 is 0 Å². The first-order valence-corrected chi connectivity index (χ1v) is 7.58. The molecule has 0 fully saturated rings. The van der Waals surface area contributed by atoms with Crippen LogP contribution >= 0.6 is 12.2 Å². The normalized spacial score (nSPS) is 10.8. The number of thiocarbonyl (C=S) groups is 1. The van der Waals surface area contributed by atoms with E-state index in [9.17, 15) is 9.90 Å². The van der Waals surface area contributed by atoms with Gasteiger partial charge in [0.25, 0.3) is 0 Å². The number of hydrogen-bond acceptors (Lipinski definition) is 4.